The highest BCUT2D eigenvalue weighted by Gasteiger charge is 2.20. The molecule has 0 amide bonds. The van der Waals surface area contributed by atoms with E-state index in [0.29, 0.717) is 12.0 Å². The zero-order chi connectivity index (χ0) is 9.97. The van der Waals surface area contributed by atoms with Crippen LogP contribution >= 0.6 is 0 Å². The first kappa shape index (κ1) is 9.31. The first-order chi connectivity index (χ1) is 6.81. The topological polar surface area (TPSA) is 37.0 Å². The lowest BCUT2D eigenvalue weighted by atomic mass is 9.97. The Bertz CT molecular complexity index is 311. The quantitative estimate of drug-likeness (QED) is 0.753. The summed E-state index contributed by atoms with van der Waals surface area (Å²) in [6.45, 7) is 5.51. The molecule has 76 valence electrons. The summed E-state index contributed by atoms with van der Waals surface area (Å²) in [5.74, 6) is 0.691. The van der Waals surface area contributed by atoms with Gasteiger partial charge in [-0.1, -0.05) is 20.3 Å². The van der Waals surface area contributed by atoms with Crippen LogP contribution in [0.2, 0.25) is 0 Å². The van der Waals surface area contributed by atoms with E-state index in [2.05, 4.69) is 29.5 Å². The number of nitrogens with zero attached hydrogens (tertiary/aromatic N) is 1. The molecule has 0 bridgehead atoms. The summed E-state index contributed by atoms with van der Waals surface area (Å²) in [5.41, 5.74) is 2.30. The van der Waals surface area contributed by atoms with Gasteiger partial charge in [-0.2, -0.15) is 0 Å². The molecule has 0 aromatic carbocycles. The Morgan fingerprint density at radius 3 is 3.21 bits per heavy atom. The molecular formula is C11H17N3. The lowest BCUT2D eigenvalue weighted by Gasteiger charge is -2.31. The van der Waals surface area contributed by atoms with Crippen LogP contribution in [0.4, 0.5) is 11.4 Å². The summed E-state index contributed by atoms with van der Waals surface area (Å²) < 4.78 is 0. The molecular weight excluding hydrogens is 174 g/mol. The molecule has 1 aliphatic heterocycles. The fraction of sp³-hybridized carbons (Fsp3) is 0.545. The van der Waals surface area contributed by atoms with Gasteiger partial charge in [-0.3, -0.25) is 4.98 Å². The smallest absolute Gasteiger partial charge is 0.0765 e. The molecule has 1 aromatic heterocycles. The van der Waals surface area contributed by atoms with E-state index >= 15 is 0 Å². The molecule has 1 aromatic rings. The van der Waals surface area contributed by atoms with E-state index in [1.54, 1.807) is 0 Å². The molecule has 0 saturated heterocycles. The fourth-order valence-corrected chi connectivity index (χ4v) is 1.76. The van der Waals surface area contributed by atoms with Crippen molar-refractivity contribution in [1.82, 2.24) is 4.98 Å². The van der Waals surface area contributed by atoms with Gasteiger partial charge in [0, 0.05) is 18.8 Å². The van der Waals surface area contributed by atoms with Crippen LogP contribution in [-0.2, 0) is 0 Å². The van der Waals surface area contributed by atoms with Gasteiger partial charge in [-0.25, -0.2) is 0 Å². The lowest BCUT2D eigenvalue weighted by Crippen LogP contribution is -2.37. The Morgan fingerprint density at radius 1 is 1.57 bits per heavy atom. The average molecular weight is 191 g/mol. The van der Waals surface area contributed by atoms with Crippen LogP contribution in [-0.4, -0.2) is 17.6 Å². The maximum Gasteiger partial charge on any atom is 0.0765 e. The van der Waals surface area contributed by atoms with Gasteiger partial charge >= 0.3 is 0 Å². The third kappa shape index (κ3) is 1.67. The second-order valence-corrected chi connectivity index (χ2v) is 3.94. The van der Waals surface area contributed by atoms with Gasteiger partial charge in [-0.05, 0) is 12.0 Å². The van der Waals surface area contributed by atoms with Crippen molar-refractivity contribution < 1.29 is 0 Å². The van der Waals surface area contributed by atoms with E-state index in [1.165, 1.54) is 12.1 Å². The zero-order valence-corrected chi connectivity index (χ0v) is 8.75. The number of fused-ring (bicyclic) bond motifs is 1. The van der Waals surface area contributed by atoms with E-state index in [9.17, 15) is 0 Å². The van der Waals surface area contributed by atoms with E-state index in [4.69, 9.17) is 0 Å². The highest BCUT2D eigenvalue weighted by Crippen LogP contribution is 2.26. The van der Waals surface area contributed by atoms with Crippen molar-refractivity contribution in [3.63, 3.8) is 0 Å². The highest BCUT2D eigenvalue weighted by atomic mass is 15.1. The number of hydrogen-bond acceptors (Lipinski definition) is 3. The SMILES string of the molecule is CCC(C)C1CNc2ccncc2N1. The van der Waals surface area contributed by atoms with Crippen LogP contribution in [0.15, 0.2) is 18.5 Å². The van der Waals surface area contributed by atoms with Crippen LogP contribution in [0, 0.1) is 5.92 Å². The van der Waals surface area contributed by atoms with Crippen molar-refractivity contribution in [1.29, 1.82) is 0 Å². The van der Waals surface area contributed by atoms with Gasteiger partial charge in [-0.15, -0.1) is 0 Å². The number of anilines is 2. The van der Waals surface area contributed by atoms with Gasteiger partial charge in [0.15, 0.2) is 0 Å². The Morgan fingerprint density at radius 2 is 2.43 bits per heavy atom. The number of nitrogens with one attached hydrogen (secondary N) is 2. The molecule has 3 nitrogen and oxygen atoms in total. The van der Waals surface area contributed by atoms with Crippen molar-refractivity contribution in [2.45, 2.75) is 26.3 Å². The average Bonchev–Trinajstić information content (AvgIpc) is 2.27. The van der Waals surface area contributed by atoms with Crippen LogP contribution in [0.1, 0.15) is 20.3 Å². The Kier molecular flexibility index (Phi) is 2.57. The highest BCUT2D eigenvalue weighted by molar-refractivity contribution is 5.69. The van der Waals surface area contributed by atoms with Gasteiger partial charge in [0.25, 0.3) is 0 Å². The molecule has 1 aliphatic rings. The van der Waals surface area contributed by atoms with Crippen molar-refractivity contribution >= 4 is 11.4 Å². The van der Waals surface area contributed by atoms with Crippen LogP contribution in [0.3, 0.4) is 0 Å². The summed E-state index contributed by atoms with van der Waals surface area (Å²) in [7, 11) is 0. The van der Waals surface area contributed by atoms with Crippen LogP contribution < -0.4 is 10.6 Å². The van der Waals surface area contributed by atoms with Gasteiger partial charge in [0.2, 0.25) is 0 Å². The number of pyridine rings is 1. The first-order valence-electron chi connectivity index (χ1n) is 5.25. The second-order valence-electron chi connectivity index (χ2n) is 3.94. The number of aromatic nitrogens is 1. The zero-order valence-electron chi connectivity index (χ0n) is 8.75. The summed E-state index contributed by atoms with van der Waals surface area (Å²) in [5, 5.41) is 6.95. The largest absolute Gasteiger partial charge is 0.381 e. The summed E-state index contributed by atoms with van der Waals surface area (Å²) in [6.07, 6.45) is 4.91. The number of hydrogen-bond donors (Lipinski definition) is 2. The molecule has 2 atom stereocenters. The summed E-state index contributed by atoms with van der Waals surface area (Å²) in [6, 6.07) is 2.53. The van der Waals surface area contributed by atoms with E-state index in [-0.39, 0.29) is 0 Å². The molecule has 0 radical (unpaired) electrons. The third-order valence-corrected chi connectivity index (χ3v) is 3.01. The minimum atomic E-state index is 0.525. The molecule has 0 spiro atoms. The van der Waals surface area contributed by atoms with Crippen LogP contribution in [0.5, 0.6) is 0 Å². The summed E-state index contributed by atoms with van der Waals surface area (Å²) >= 11 is 0. The summed E-state index contributed by atoms with van der Waals surface area (Å²) in [4.78, 5) is 4.12. The van der Waals surface area contributed by atoms with E-state index in [0.717, 1.165) is 12.2 Å². The molecule has 14 heavy (non-hydrogen) atoms. The second kappa shape index (κ2) is 3.86. The molecule has 2 N–H and O–H groups in total. The molecule has 2 unspecified atom stereocenters. The molecule has 2 rings (SSSR count). The predicted octanol–water partition coefficient (Wildman–Crippen LogP) is 2.33. The maximum atomic E-state index is 4.12. The maximum absolute atomic E-state index is 4.12. The van der Waals surface area contributed by atoms with E-state index in [1.807, 2.05) is 18.5 Å². The lowest BCUT2D eigenvalue weighted by molar-refractivity contribution is 0.477. The minimum Gasteiger partial charge on any atom is -0.381 e. The standard InChI is InChI=1S/C11H17N3/c1-3-8(2)10-7-13-9-4-5-12-6-11(9)14-10/h4-6,8,10,13-14H,3,7H2,1-2H3. The molecule has 2 heterocycles. The van der Waals surface area contributed by atoms with Gasteiger partial charge in [0.05, 0.1) is 17.6 Å². The third-order valence-electron chi connectivity index (χ3n) is 3.01. The Labute approximate surface area is 84.9 Å². The monoisotopic (exact) mass is 191 g/mol. The first-order valence-corrected chi connectivity index (χ1v) is 5.25. The van der Waals surface area contributed by atoms with Crippen molar-refractivity contribution in [2.75, 3.05) is 17.2 Å². The van der Waals surface area contributed by atoms with Gasteiger partial charge < -0.3 is 10.6 Å². The van der Waals surface area contributed by atoms with Crippen molar-refractivity contribution in [2.24, 2.45) is 5.92 Å². The normalized spacial score (nSPS) is 21.7. The van der Waals surface area contributed by atoms with E-state index < -0.39 is 0 Å². The molecule has 0 fully saturated rings. The van der Waals surface area contributed by atoms with Gasteiger partial charge in [0.1, 0.15) is 0 Å². The molecule has 0 saturated carbocycles. The Hall–Kier alpha value is -1.25. The predicted molar refractivity (Wildman–Crippen MR) is 59.6 cm³/mol. The number of rotatable bonds is 2. The minimum absolute atomic E-state index is 0.525. The fourth-order valence-electron chi connectivity index (χ4n) is 1.76. The molecule has 3 heteroatoms. The molecule has 0 aliphatic carbocycles. The van der Waals surface area contributed by atoms with Crippen LogP contribution in [0.25, 0.3) is 0 Å². The Balaban J connectivity index is 2.13. The van der Waals surface area contributed by atoms with Crippen molar-refractivity contribution in [3.05, 3.63) is 18.5 Å². The van der Waals surface area contributed by atoms with Crippen molar-refractivity contribution in [3.8, 4) is 0 Å².